The zero-order valence-electron chi connectivity index (χ0n) is 16.6. The molecule has 0 bridgehead atoms. The molecule has 0 aromatic heterocycles. The molecule has 4 rings (SSSR count). The molecule has 0 spiro atoms. The Kier molecular flexibility index (Phi) is 4.90. The lowest BCUT2D eigenvalue weighted by Crippen LogP contribution is -2.40. The largest absolute Gasteiger partial charge is 0.486 e. The number of hydrogen-bond donors (Lipinski definition) is 1. The maximum Gasteiger partial charge on any atom is 0.325 e. The van der Waals surface area contributed by atoms with Crippen molar-refractivity contribution in [1.82, 2.24) is 10.2 Å². The highest BCUT2D eigenvalue weighted by Crippen LogP contribution is 2.39. The fourth-order valence-electron chi connectivity index (χ4n) is 3.68. The van der Waals surface area contributed by atoms with Crippen molar-refractivity contribution in [2.45, 2.75) is 38.8 Å². The van der Waals surface area contributed by atoms with Crippen molar-refractivity contribution in [3.63, 3.8) is 0 Å². The van der Waals surface area contributed by atoms with E-state index in [2.05, 4.69) is 19.2 Å². The minimum Gasteiger partial charge on any atom is -0.486 e. The molecule has 29 heavy (non-hydrogen) atoms. The number of imide groups is 1. The molecule has 1 N–H and O–H groups in total. The molecule has 152 valence electrons. The van der Waals surface area contributed by atoms with Crippen LogP contribution in [0.25, 0.3) is 0 Å². The number of fused-ring (bicyclic) bond motifs is 1. The van der Waals surface area contributed by atoms with Gasteiger partial charge in [-0.2, -0.15) is 0 Å². The first-order valence-corrected chi connectivity index (χ1v) is 10.00. The van der Waals surface area contributed by atoms with Crippen LogP contribution in [0.2, 0.25) is 5.02 Å². The number of rotatable bonds is 4. The molecular formula is C22H23ClN2O4. The molecule has 2 aromatic rings. The van der Waals surface area contributed by atoms with Crippen LogP contribution in [-0.4, -0.2) is 30.1 Å². The molecule has 0 aliphatic carbocycles. The van der Waals surface area contributed by atoms with E-state index < -0.39 is 11.6 Å². The highest BCUT2D eigenvalue weighted by Gasteiger charge is 2.48. The molecule has 3 amide bonds. The standard InChI is InChI=1S/C22H23ClN2O4/c1-13(2)15-4-6-16(7-5-15)22(3)20(26)25(21(27)24-22)12-14-10-17(23)19-18(11-14)28-8-9-29-19/h4-7,10-11,13H,8-9,12H2,1-3H3,(H,24,27)/t22-/m1/s1. The Balaban J connectivity index is 1.59. The molecule has 0 saturated carbocycles. The van der Waals surface area contributed by atoms with E-state index in [1.54, 1.807) is 19.1 Å². The van der Waals surface area contributed by atoms with Crippen LogP contribution in [0.1, 0.15) is 43.4 Å². The summed E-state index contributed by atoms with van der Waals surface area (Å²) in [6.07, 6.45) is 0. The van der Waals surface area contributed by atoms with Crippen molar-refractivity contribution in [2.75, 3.05) is 13.2 Å². The van der Waals surface area contributed by atoms with Crippen LogP contribution in [0.4, 0.5) is 4.79 Å². The van der Waals surface area contributed by atoms with Gasteiger partial charge in [-0.3, -0.25) is 9.69 Å². The predicted molar refractivity (Wildman–Crippen MR) is 109 cm³/mol. The third-order valence-corrected chi connectivity index (χ3v) is 5.71. The zero-order chi connectivity index (χ0) is 20.8. The Hall–Kier alpha value is -2.73. The average Bonchev–Trinajstić information content (AvgIpc) is 2.92. The minimum atomic E-state index is -1.11. The maximum atomic E-state index is 13.2. The molecule has 6 nitrogen and oxygen atoms in total. The highest BCUT2D eigenvalue weighted by atomic mass is 35.5. The van der Waals surface area contributed by atoms with Crippen LogP contribution in [-0.2, 0) is 16.9 Å². The molecule has 0 radical (unpaired) electrons. The second-order valence-electron chi connectivity index (χ2n) is 7.82. The zero-order valence-corrected chi connectivity index (χ0v) is 17.4. The van der Waals surface area contributed by atoms with Gasteiger partial charge in [-0.25, -0.2) is 4.79 Å². The topological polar surface area (TPSA) is 67.9 Å². The Morgan fingerprint density at radius 2 is 1.83 bits per heavy atom. The first-order chi connectivity index (χ1) is 13.8. The summed E-state index contributed by atoms with van der Waals surface area (Å²) in [5.41, 5.74) is 1.52. The molecular weight excluding hydrogens is 392 g/mol. The van der Waals surface area contributed by atoms with E-state index in [0.29, 0.717) is 41.2 Å². The van der Waals surface area contributed by atoms with Gasteiger partial charge < -0.3 is 14.8 Å². The molecule has 0 unspecified atom stereocenters. The summed E-state index contributed by atoms with van der Waals surface area (Å²) in [4.78, 5) is 27.0. The summed E-state index contributed by atoms with van der Waals surface area (Å²) in [5, 5.41) is 3.24. The van der Waals surface area contributed by atoms with Crippen molar-refractivity contribution in [2.24, 2.45) is 0 Å². The van der Waals surface area contributed by atoms with Gasteiger partial charge in [0, 0.05) is 0 Å². The van der Waals surface area contributed by atoms with Crippen molar-refractivity contribution >= 4 is 23.5 Å². The summed E-state index contributed by atoms with van der Waals surface area (Å²) in [6.45, 7) is 6.92. The number of hydrogen-bond acceptors (Lipinski definition) is 4. The normalized spacial score (nSPS) is 20.9. The Labute approximate surface area is 174 Å². The van der Waals surface area contributed by atoms with Gasteiger partial charge in [0.25, 0.3) is 5.91 Å². The smallest absolute Gasteiger partial charge is 0.325 e. The molecule has 7 heteroatoms. The lowest BCUT2D eigenvalue weighted by Gasteiger charge is -2.23. The number of carbonyl (C=O) groups is 2. The first-order valence-electron chi connectivity index (χ1n) is 9.62. The van der Waals surface area contributed by atoms with Crippen LogP contribution in [0.5, 0.6) is 11.5 Å². The first kappa shape index (κ1) is 19.6. The quantitative estimate of drug-likeness (QED) is 0.761. The third kappa shape index (κ3) is 3.42. The van der Waals surface area contributed by atoms with Gasteiger partial charge in [0.05, 0.1) is 11.6 Å². The van der Waals surface area contributed by atoms with E-state index in [-0.39, 0.29) is 12.5 Å². The lowest BCUT2D eigenvalue weighted by atomic mass is 9.90. The average molecular weight is 415 g/mol. The van der Waals surface area contributed by atoms with Crippen molar-refractivity contribution in [3.8, 4) is 11.5 Å². The van der Waals surface area contributed by atoms with Crippen molar-refractivity contribution < 1.29 is 19.1 Å². The minimum absolute atomic E-state index is 0.0979. The van der Waals surface area contributed by atoms with E-state index >= 15 is 0 Å². The summed E-state index contributed by atoms with van der Waals surface area (Å²) in [5.74, 6) is 1.11. The second-order valence-corrected chi connectivity index (χ2v) is 8.23. The molecule has 1 fully saturated rings. The van der Waals surface area contributed by atoms with Gasteiger partial charge in [0.15, 0.2) is 11.5 Å². The Bertz CT molecular complexity index is 974. The number of carbonyl (C=O) groups excluding carboxylic acids is 2. The molecule has 1 saturated heterocycles. The maximum absolute atomic E-state index is 13.2. The summed E-state index contributed by atoms with van der Waals surface area (Å²) >= 11 is 6.29. The van der Waals surface area contributed by atoms with Crippen molar-refractivity contribution in [1.29, 1.82) is 0 Å². The number of amides is 3. The van der Waals surface area contributed by atoms with Gasteiger partial charge in [-0.1, -0.05) is 49.7 Å². The summed E-state index contributed by atoms with van der Waals surface area (Å²) in [6, 6.07) is 10.8. The Morgan fingerprint density at radius 1 is 1.14 bits per heavy atom. The number of halogens is 1. The fourth-order valence-corrected chi connectivity index (χ4v) is 3.96. The number of nitrogens with zero attached hydrogens (tertiary/aromatic N) is 1. The molecule has 1 atom stereocenters. The van der Waals surface area contributed by atoms with E-state index in [1.807, 2.05) is 24.3 Å². The van der Waals surface area contributed by atoms with Crippen LogP contribution in [0.3, 0.4) is 0 Å². The molecule has 2 heterocycles. The SMILES string of the molecule is CC(C)c1ccc([C@@]2(C)NC(=O)N(Cc3cc(Cl)c4c(c3)OCCO4)C2=O)cc1. The number of urea groups is 1. The van der Waals surface area contributed by atoms with Crippen LogP contribution in [0, 0.1) is 0 Å². The fraction of sp³-hybridized carbons (Fsp3) is 0.364. The van der Waals surface area contributed by atoms with Gasteiger partial charge in [-0.15, -0.1) is 0 Å². The van der Waals surface area contributed by atoms with Crippen LogP contribution < -0.4 is 14.8 Å². The number of benzene rings is 2. The van der Waals surface area contributed by atoms with Crippen molar-refractivity contribution in [3.05, 3.63) is 58.1 Å². The Morgan fingerprint density at radius 3 is 2.52 bits per heavy atom. The van der Waals surface area contributed by atoms with E-state index in [0.717, 1.165) is 5.56 Å². The second kappa shape index (κ2) is 7.26. The van der Waals surface area contributed by atoms with E-state index in [4.69, 9.17) is 21.1 Å². The molecule has 2 aliphatic heterocycles. The molecule has 2 aliphatic rings. The van der Waals surface area contributed by atoms with E-state index in [9.17, 15) is 9.59 Å². The summed E-state index contributed by atoms with van der Waals surface area (Å²) < 4.78 is 11.1. The third-order valence-electron chi connectivity index (χ3n) is 5.43. The van der Waals surface area contributed by atoms with Gasteiger partial charge in [-0.05, 0) is 41.7 Å². The van der Waals surface area contributed by atoms with Gasteiger partial charge in [0.2, 0.25) is 0 Å². The molecule has 2 aromatic carbocycles. The number of ether oxygens (including phenoxy) is 2. The van der Waals surface area contributed by atoms with Crippen LogP contribution in [0.15, 0.2) is 36.4 Å². The number of nitrogens with one attached hydrogen (secondary N) is 1. The van der Waals surface area contributed by atoms with Gasteiger partial charge >= 0.3 is 6.03 Å². The highest BCUT2D eigenvalue weighted by molar-refractivity contribution is 6.32. The summed E-state index contributed by atoms with van der Waals surface area (Å²) in [7, 11) is 0. The van der Waals surface area contributed by atoms with E-state index in [1.165, 1.54) is 10.5 Å². The predicted octanol–water partition coefficient (Wildman–Crippen LogP) is 4.20. The van der Waals surface area contributed by atoms with Gasteiger partial charge in [0.1, 0.15) is 18.8 Å². The monoisotopic (exact) mass is 414 g/mol. The van der Waals surface area contributed by atoms with Crippen LogP contribution >= 0.6 is 11.6 Å². The lowest BCUT2D eigenvalue weighted by molar-refractivity contribution is -0.131.